The summed E-state index contributed by atoms with van der Waals surface area (Å²) in [6.45, 7) is 3.58. The van der Waals surface area contributed by atoms with Crippen LogP contribution in [0.4, 0.5) is 0 Å². The van der Waals surface area contributed by atoms with Crippen molar-refractivity contribution in [2.24, 2.45) is 0 Å². The molecule has 2 rings (SSSR count). The first-order valence-electron chi connectivity index (χ1n) is 5.44. The van der Waals surface area contributed by atoms with E-state index < -0.39 is 15.9 Å². The summed E-state index contributed by atoms with van der Waals surface area (Å²) < 4.78 is 26.1. The second kappa shape index (κ2) is 5.10. The SMILES string of the molecule is Cc1cncc(C(=O)NS(=O)(=O)c2ccc(C)s2)c1. The maximum absolute atomic E-state index is 12.0. The fourth-order valence-electron chi connectivity index (χ4n) is 1.47. The molecule has 0 aromatic carbocycles. The lowest BCUT2D eigenvalue weighted by Crippen LogP contribution is -2.30. The van der Waals surface area contributed by atoms with Gasteiger partial charge in [0, 0.05) is 17.3 Å². The first kappa shape index (κ1) is 13.7. The van der Waals surface area contributed by atoms with Gasteiger partial charge in [-0.05, 0) is 37.6 Å². The Kier molecular flexibility index (Phi) is 3.68. The molecule has 5 nitrogen and oxygen atoms in total. The van der Waals surface area contributed by atoms with E-state index in [1.165, 1.54) is 12.3 Å². The smallest absolute Gasteiger partial charge is 0.268 e. The Morgan fingerprint density at radius 1 is 1.26 bits per heavy atom. The maximum Gasteiger partial charge on any atom is 0.273 e. The van der Waals surface area contributed by atoms with Crippen LogP contribution in [0.15, 0.2) is 34.8 Å². The molecule has 0 spiro atoms. The first-order chi connectivity index (χ1) is 8.88. The summed E-state index contributed by atoms with van der Waals surface area (Å²) in [7, 11) is -3.81. The number of rotatable bonds is 3. The van der Waals surface area contributed by atoms with Crippen molar-refractivity contribution in [3.63, 3.8) is 0 Å². The number of nitrogens with zero attached hydrogens (tertiary/aromatic N) is 1. The van der Waals surface area contributed by atoms with Gasteiger partial charge in [-0.1, -0.05) is 0 Å². The maximum atomic E-state index is 12.0. The van der Waals surface area contributed by atoms with Crippen LogP contribution in [-0.2, 0) is 10.0 Å². The van der Waals surface area contributed by atoms with Gasteiger partial charge in [-0.3, -0.25) is 9.78 Å². The zero-order valence-electron chi connectivity index (χ0n) is 10.4. The summed E-state index contributed by atoms with van der Waals surface area (Å²) >= 11 is 1.12. The predicted molar refractivity (Wildman–Crippen MR) is 72.7 cm³/mol. The standard InChI is InChI=1S/C12H12N2O3S2/c1-8-5-10(7-13-6-8)12(15)14-19(16,17)11-4-3-9(2)18-11/h3-7H,1-2H3,(H,14,15). The van der Waals surface area contributed by atoms with Crippen LogP contribution in [0.3, 0.4) is 0 Å². The van der Waals surface area contributed by atoms with Crippen molar-refractivity contribution in [3.8, 4) is 0 Å². The van der Waals surface area contributed by atoms with E-state index in [1.54, 1.807) is 32.2 Å². The van der Waals surface area contributed by atoms with E-state index in [4.69, 9.17) is 0 Å². The molecule has 0 atom stereocenters. The third-order valence-corrected chi connectivity index (χ3v) is 5.17. The Bertz CT molecular complexity index is 720. The van der Waals surface area contributed by atoms with Crippen LogP contribution in [-0.4, -0.2) is 19.3 Å². The number of aromatic nitrogens is 1. The van der Waals surface area contributed by atoms with E-state index in [1.807, 2.05) is 4.72 Å². The average Bonchev–Trinajstić information content (AvgIpc) is 2.76. The first-order valence-corrected chi connectivity index (χ1v) is 7.74. The van der Waals surface area contributed by atoms with Gasteiger partial charge in [0.1, 0.15) is 4.21 Å². The molecule has 0 aliphatic heterocycles. The number of thiophene rings is 1. The van der Waals surface area contributed by atoms with Gasteiger partial charge < -0.3 is 0 Å². The van der Waals surface area contributed by atoms with Crippen LogP contribution >= 0.6 is 11.3 Å². The summed E-state index contributed by atoms with van der Waals surface area (Å²) in [5, 5.41) is 0. The van der Waals surface area contributed by atoms with Gasteiger partial charge in [-0.25, -0.2) is 13.1 Å². The molecular formula is C12H12N2O3S2. The summed E-state index contributed by atoms with van der Waals surface area (Å²) in [6.07, 6.45) is 2.92. The lowest BCUT2D eigenvalue weighted by molar-refractivity contribution is 0.0981. The number of aryl methyl sites for hydroxylation is 2. The van der Waals surface area contributed by atoms with Gasteiger partial charge in [0.2, 0.25) is 0 Å². The molecule has 0 saturated carbocycles. The number of sulfonamides is 1. The van der Waals surface area contributed by atoms with Crippen LogP contribution in [0.5, 0.6) is 0 Å². The average molecular weight is 296 g/mol. The van der Waals surface area contributed by atoms with Crippen LogP contribution in [0.25, 0.3) is 0 Å². The molecule has 2 aromatic heterocycles. The van der Waals surface area contributed by atoms with Gasteiger partial charge in [0.15, 0.2) is 0 Å². The molecule has 1 amide bonds. The van der Waals surface area contributed by atoms with Crippen molar-refractivity contribution in [1.29, 1.82) is 0 Å². The Labute approximate surface area is 115 Å². The molecule has 0 aliphatic carbocycles. The number of carbonyl (C=O) groups excluding carboxylic acids is 1. The minimum absolute atomic E-state index is 0.124. The fraction of sp³-hybridized carbons (Fsp3) is 0.167. The normalized spacial score (nSPS) is 11.3. The third-order valence-electron chi connectivity index (χ3n) is 2.34. The van der Waals surface area contributed by atoms with E-state index >= 15 is 0 Å². The van der Waals surface area contributed by atoms with Crippen LogP contribution in [0.2, 0.25) is 0 Å². The summed E-state index contributed by atoms with van der Waals surface area (Å²) in [5.74, 6) is -0.678. The van der Waals surface area contributed by atoms with Gasteiger partial charge in [-0.2, -0.15) is 0 Å². The number of nitrogens with one attached hydrogen (secondary N) is 1. The summed E-state index contributed by atoms with van der Waals surface area (Å²) in [4.78, 5) is 16.6. The van der Waals surface area contributed by atoms with Gasteiger partial charge in [0.25, 0.3) is 15.9 Å². The molecule has 0 bridgehead atoms. The Hall–Kier alpha value is -1.73. The largest absolute Gasteiger partial charge is 0.273 e. The highest BCUT2D eigenvalue weighted by Crippen LogP contribution is 2.20. The molecule has 1 N–H and O–H groups in total. The molecule has 0 fully saturated rings. The minimum atomic E-state index is -3.81. The van der Waals surface area contributed by atoms with Gasteiger partial charge >= 0.3 is 0 Å². The third kappa shape index (κ3) is 3.18. The molecule has 0 saturated heterocycles. The number of amides is 1. The molecule has 7 heteroatoms. The lowest BCUT2D eigenvalue weighted by atomic mass is 10.2. The fourth-order valence-corrected chi connectivity index (χ4v) is 3.72. The van der Waals surface area contributed by atoms with Crippen molar-refractivity contribution < 1.29 is 13.2 Å². The Balaban J connectivity index is 2.24. The molecule has 2 aromatic rings. The molecule has 100 valence electrons. The molecule has 0 aliphatic rings. The van der Waals surface area contributed by atoms with Crippen LogP contribution in [0.1, 0.15) is 20.8 Å². The number of hydrogen-bond donors (Lipinski definition) is 1. The predicted octanol–water partition coefficient (Wildman–Crippen LogP) is 1.88. The molecular weight excluding hydrogens is 284 g/mol. The number of hydrogen-bond acceptors (Lipinski definition) is 5. The van der Waals surface area contributed by atoms with Crippen molar-refractivity contribution in [1.82, 2.24) is 9.71 Å². The highest BCUT2D eigenvalue weighted by molar-refractivity contribution is 7.92. The van der Waals surface area contributed by atoms with E-state index in [0.29, 0.717) is 0 Å². The number of carbonyl (C=O) groups is 1. The molecule has 0 unspecified atom stereocenters. The number of pyridine rings is 1. The summed E-state index contributed by atoms with van der Waals surface area (Å²) in [5.41, 5.74) is 1.01. The van der Waals surface area contributed by atoms with Crippen molar-refractivity contribution in [2.45, 2.75) is 18.1 Å². The van der Waals surface area contributed by atoms with E-state index in [2.05, 4.69) is 4.98 Å². The zero-order chi connectivity index (χ0) is 14.0. The second-order valence-corrected chi connectivity index (χ2v) is 7.25. The topological polar surface area (TPSA) is 76.1 Å². The van der Waals surface area contributed by atoms with Crippen LogP contribution in [0, 0.1) is 13.8 Å². The highest BCUT2D eigenvalue weighted by Gasteiger charge is 2.20. The second-order valence-electron chi connectivity index (χ2n) is 4.05. The van der Waals surface area contributed by atoms with Crippen molar-refractivity contribution >= 4 is 27.3 Å². The molecule has 19 heavy (non-hydrogen) atoms. The van der Waals surface area contributed by atoms with Crippen molar-refractivity contribution in [2.75, 3.05) is 0 Å². The highest BCUT2D eigenvalue weighted by atomic mass is 32.2. The van der Waals surface area contributed by atoms with E-state index in [-0.39, 0.29) is 9.77 Å². The van der Waals surface area contributed by atoms with E-state index in [9.17, 15) is 13.2 Å². The minimum Gasteiger partial charge on any atom is -0.268 e. The Morgan fingerprint density at radius 2 is 2.00 bits per heavy atom. The van der Waals surface area contributed by atoms with E-state index in [0.717, 1.165) is 21.8 Å². The monoisotopic (exact) mass is 296 g/mol. The molecule has 0 radical (unpaired) electrons. The quantitative estimate of drug-likeness (QED) is 0.938. The van der Waals surface area contributed by atoms with Crippen LogP contribution < -0.4 is 4.72 Å². The van der Waals surface area contributed by atoms with Gasteiger partial charge in [-0.15, -0.1) is 11.3 Å². The molecule has 2 heterocycles. The Morgan fingerprint density at radius 3 is 2.58 bits per heavy atom. The zero-order valence-corrected chi connectivity index (χ0v) is 12.0. The van der Waals surface area contributed by atoms with Crippen molar-refractivity contribution in [3.05, 3.63) is 46.6 Å². The van der Waals surface area contributed by atoms with Gasteiger partial charge in [0.05, 0.1) is 5.56 Å². The summed E-state index contributed by atoms with van der Waals surface area (Å²) in [6, 6.07) is 4.75. The lowest BCUT2D eigenvalue weighted by Gasteiger charge is -2.05.